The average Bonchev–Trinajstić information content (AvgIpc) is 2.68. The van der Waals surface area contributed by atoms with Gasteiger partial charge in [-0.15, -0.1) is 0 Å². The molecule has 0 N–H and O–H groups in total. The van der Waals surface area contributed by atoms with Crippen molar-refractivity contribution in [3.63, 3.8) is 0 Å². The van der Waals surface area contributed by atoms with Crippen molar-refractivity contribution in [3.05, 3.63) is 35.6 Å². The van der Waals surface area contributed by atoms with Gasteiger partial charge in [0.25, 0.3) is 0 Å². The lowest BCUT2D eigenvalue weighted by Gasteiger charge is -2.06. The fourth-order valence-corrected chi connectivity index (χ4v) is 1.48. The zero-order valence-corrected chi connectivity index (χ0v) is 8.90. The standard InChI is InChI=1S/C12H14FNO/c1-8(2)11-7-15-12(14-11)9-3-5-10(13)6-4-9/h3-6,8,11H,7H2,1-2H3/t11-/m0/s1. The summed E-state index contributed by atoms with van der Waals surface area (Å²) >= 11 is 0. The van der Waals surface area contributed by atoms with Crippen LogP contribution in [-0.4, -0.2) is 18.5 Å². The van der Waals surface area contributed by atoms with Crippen molar-refractivity contribution in [1.82, 2.24) is 0 Å². The van der Waals surface area contributed by atoms with E-state index in [0.717, 1.165) is 5.56 Å². The van der Waals surface area contributed by atoms with E-state index in [2.05, 4.69) is 18.8 Å². The van der Waals surface area contributed by atoms with Crippen LogP contribution in [0.5, 0.6) is 0 Å². The van der Waals surface area contributed by atoms with E-state index in [4.69, 9.17) is 4.74 Å². The summed E-state index contributed by atoms with van der Waals surface area (Å²) in [4.78, 5) is 4.46. The molecule has 0 unspecified atom stereocenters. The second-order valence-corrected chi connectivity index (χ2v) is 4.06. The monoisotopic (exact) mass is 207 g/mol. The molecule has 1 aromatic rings. The summed E-state index contributed by atoms with van der Waals surface area (Å²) in [6.07, 6.45) is 0. The van der Waals surface area contributed by atoms with Crippen LogP contribution in [0.15, 0.2) is 29.3 Å². The van der Waals surface area contributed by atoms with E-state index in [1.165, 1.54) is 12.1 Å². The summed E-state index contributed by atoms with van der Waals surface area (Å²) in [5, 5.41) is 0. The van der Waals surface area contributed by atoms with Gasteiger partial charge in [-0.3, -0.25) is 0 Å². The van der Waals surface area contributed by atoms with Crippen molar-refractivity contribution in [2.45, 2.75) is 19.9 Å². The largest absolute Gasteiger partial charge is 0.475 e. The molecule has 0 fully saturated rings. The third kappa shape index (κ3) is 2.17. The normalized spacial score (nSPS) is 20.3. The third-order valence-electron chi connectivity index (χ3n) is 2.53. The van der Waals surface area contributed by atoms with Crippen LogP contribution >= 0.6 is 0 Å². The van der Waals surface area contributed by atoms with E-state index in [0.29, 0.717) is 18.4 Å². The first-order valence-electron chi connectivity index (χ1n) is 5.13. The van der Waals surface area contributed by atoms with E-state index in [1.54, 1.807) is 12.1 Å². The maximum absolute atomic E-state index is 12.7. The Hall–Kier alpha value is -1.38. The summed E-state index contributed by atoms with van der Waals surface area (Å²) in [6, 6.07) is 6.45. The van der Waals surface area contributed by atoms with Gasteiger partial charge in [0, 0.05) is 5.56 Å². The van der Waals surface area contributed by atoms with Crippen LogP contribution in [0.1, 0.15) is 19.4 Å². The molecule has 0 bridgehead atoms. The Morgan fingerprint density at radius 3 is 2.53 bits per heavy atom. The van der Waals surface area contributed by atoms with Crippen LogP contribution < -0.4 is 0 Å². The van der Waals surface area contributed by atoms with Gasteiger partial charge in [-0.05, 0) is 30.2 Å². The maximum atomic E-state index is 12.7. The average molecular weight is 207 g/mol. The molecule has 2 nitrogen and oxygen atoms in total. The smallest absolute Gasteiger partial charge is 0.216 e. The Bertz CT molecular complexity index is 370. The summed E-state index contributed by atoms with van der Waals surface area (Å²) < 4.78 is 18.2. The minimum Gasteiger partial charge on any atom is -0.475 e. The Morgan fingerprint density at radius 2 is 2.00 bits per heavy atom. The highest BCUT2D eigenvalue weighted by Gasteiger charge is 2.22. The molecule has 15 heavy (non-hydrogen) atoms. The molecule has 0 aromatic heterocycles. The number of hydrogen-bond donors (Lipinski definition) is 0. The molecule has 0 saturated heterocycles. The molecule has 0 aliphatic carbocycles. The number of rotatable bonds is 2. The van der Waals surface area contributed by atoms with Gasteiger partial charge in [0.1, 0.15) is 12.4 Å². The Labute approximate surface area is 88.8 Å². The molecular weight excluding hydrogens is 193 g/mol. The van der Waals surface area contributed by atoms with Crippen molar-refractivity contribution in [3.8, 4) is 0 Å². The van der Waals surface area contributed by atoms with E-state index in [9.17, 15) is 4.39 Å². The van der Waals surface area contributed by atoms with Crippen molar-refractivity contribution in [2.24, 2.45) is 10.9 Å². The lowest BCUT2D eigenvalue weighted by atomic mass is 10.1. The van der Waals surface area contributed by atoms with Gasteiger partial charge in [0.15, 0.2) is 0 Å². The quantitative estimate of drug-likeness (QED) is 0.730. The molecule has 1 heterocycles. The summed E-state index contributed by atoms with van der Waals surface area (Å²) in [6.45, 7) is 4.86. The van der Waals surface area contributed by atoms with Crippen molar-refractivity contribution in [1.29, 1.82) is 0 Å². The number of halogens is 1. The lowest BCUT2D eigenvalue weighted by molar-refractivity contribution is 0.292. The van der Waals surface area contributed by atoms with Crippen LogP contribution in [-0.2, 0) is 4.74 Å². The maximum Gasteiger partial charge on any atom is 0.216 e. The predicted molar refractivity (Wildman–Crippen MR) is 57.5 cm³/mol. The minimum absolute atomic E-state index is 0.227. The third-order valence-corrected chi connectivity index (χ3v) is 2.53. The van der Waals surface area contributed by atoms with Crippen molar-refractivity contribution >= 4 is 5.90 Å². The Balaban J connectivity index is 2.19. The summed E-state index contributed by atoms with van der Waals surface area (Å²) in [5.41, 5.74) is 0.847. The van der Waals surface area contributed by atoms with Crippen LogP contribution in [0.3, 0.4) is 0 Å². The van der Waals surface area contributed by atoms with Crippen LogP contribution in [0, 0.1) is 11.7 Å². The molecule has 0 radical (unpaired) electrons. The molecule has 1 aliphatic rings. The molecule has 0 amide bonds. The highest BCUT2D eigenvalue weighted by atomic mass is 19.1. The minimum atomic E-state index is -0.238. The van der Waals surface area contributed by atoms with Gasteiger partial charge in [-0.1, -0.05) is 13.8 Å². The van der Waals surface area contributed by atoms with E-state index in [-0.39, 0.29) is 11.9 Å². The van der Waals surface area contributed by atoms with Crippen LogP contribution in [0.2, 0.25) is 0 Å². The molecule has 1 aliphatic heterocycles. The second-order valence-electron chi connectivity index (χ2n) is 4.06. The second kappa shape index (κ2) is 4.01. The first kappa shape index (κ1) is 10.1. The van der Waals surface area contributed by atoms with Gasteiger partial charge in [-0.25, -0.2) is 9.38 Å². The highest BCUT2D eigenvalue weighted by molar-refractivity contribution is 5.95. The molecular formula is C12H14FNO. The molecule has 1 aromatic carbocycles. The Morgan fingerprint density at radius 1 is 1.33 bits per heavy atom. The molecule has 2 rings (SSSR count). The number of ether oxygens (including phenoxy) is 1. The van der Waals surface area contributed by atoms with Gasteiger partial charge in [-0.2, -0.15) is 0 Å². The van der Waals surface area contributed by atoms with E-state index >= 15 is 0 Å². The zero-order valence-electron chi connectivity index (χ0n) is 8.90. The number of hydrogen-bond acceptors (Lipinski definition) is 2. The number of aliphatic imine (C=N–C) groups is 1. The number of nitrogens with zero attached hydrogens (tertiary/aromatic N) is 1. The van der Waals surface area contributed by atoms with Gasteiger partial charge >= 0.3 is 0 Å². The molecule has 0 saturated carbocycles. The fourth-order valence-electron chi connectivity index (χ4n) is 1.48. The SMILES string of the molecule is CC(C)[C@@H]1COC(c2ccc(F)cc2)=N1. The van der Waals surface area contributed by atoms with Crippen LogP contribution in [0.25, 0.3) is 0 Å². The first-order chi connectivity index (χ1) is 7.16. The van der Waals surface area contributed by atoms with Gasteiger partial charge in [0.05, 0.1) is 6.04 Å². The first-order valence-corrected chi connectivity index (χ1v) is 5.13. The lowest BCUT2D eigenvalue weighted by Crippen LogP contribution is -2.13. The number of benzene rings is 1. The molecule has 80 valence electrons. The van der Waals surface area contributed by atoms with Gasteiger partial charge < -0.3 is 4.74 Å². The van der Waals surface area contributed by atoms with E-state index < -0.39 is 0 Å². The Kier molecular flexibility index (Phi) is 2.71. The topological polar surface area (TPSA) is 21.6 Å². The fraction of sp³-hybridized carbons (Fsp3) is 0.417. The van der Waals surface area contributed by atoms with E-state index in [1.807, 2.05) is 0 Å². The molecule has 3 heteroatoms. The van der Waals surface area contributed by atoms with Gasteiger partial charge in [0.2, 0.25) is 5.90 Å². The predicted octanol–water partition coefficient (Wildman–Crippen LogP) is 2.63. The summed E-state index contributed by atoms with van der Waals surface area (Å²) in [7, 11) is 0. The zero-order chi connectivity index (χ0) is 10.8. The van der Waals surface area contributed by atoms with Crippen LogP contribution in [0.4, 0.5) is 4.39 Å². The van der Waals surface area contributed by atoms with Crippen molar-refractivity contribution < 1.29 is 9.13 Å². The molecule has 0 spiro atoms. The highest BCUT2D eigenvalue weighted by Crippen LogP contribution is 2.17. The summed E-state index contributed by atoms with van der Waals surface area (Å²) in [5.74, 6) is 0.870. The molecule has 1 atom stereocenters. The van der Waals surface area contributed by atoms with Crippen molar-refractivity contribution in [2.75, 3.05) is 6.61 Å².